The summed E-state index contributed by atoms with van der Waals surface area (Å²) in [6.45, 7) is 2.38. The highest BCUT2D eigenvalue weighted by Crippen LogP contribution is 2.26. The molecule has 0 radical (unpaired) electrons. The number of rotatable bonds is 12. The van der Waals surface area contributed by atoms with Crippen molar-refractivity contribution in [2.45, 2.75) is 11.8 Å². The van der Waals surface area contributed by atoms with Crippen LogP contribution in [0.1, 0.15) is 22.8 Å². The molecule has 0 fully saturated rings. The number of nitrogens with one attached hydrogen (secondary N) is 3. The number of carbonyl (C=O) groups is 3. The van der Waals surface area contributed by atoms with Crippen molar-refractivity contribution in [3.63, 3.8) is 0 Å². The topological polar surface area (TPSA) is 96.5 Å². The number of thioether (sulfide) groups is 1. The number of ether oxygens (including phenoxy) is 1. The van der Waals surface area contributed by atoms with Gasteiger partial charge in [0.05, 0.1) is 18.0 Å². The van der Waals surface area contributed by atoms with E-state index in [-0.39, 0.29) is 17.4 Å². The van der Waals surface area contributed by atoms with Gasteiger partial charge in [0.15, 0.2) is 0 Å². The molecule has 230 valence electrons. The van der Waals surface area contributed by atoms with Crippen molar-refractivity contribution in [1.29, 1.82) is 0 Å². The first-order chi connectivity index (χ1) is 22.5. The summed E-state index contributed by atoms with van der Waals surface area (Å²) in [4.78, 5) is 40.1. The molecule has 5 aromatic rings. The molecule has 0 aliphatic rings. The average molecular weight is 628 g/mol. The minimum atomic E-state index is -0.483. The average Bonchev–Trinajstić information content (AvgIpc) is 3.09. The van der Waals surface area contributed by atoms with Crippen molar-refractivity contribution in [1.82, 2.24) is 5.32 Å². The molecule has 46 heavy (non-hydrogen) atoms. The van der Waals surface area contributed by atoms with Crippen molar-refractivity contribution in [3.8, 4) is 16.9 Å². The maximum Gasteiger partial charge on any atom is 0.272 e. The second-order valence-corrected chi connectivity index (χ2v) is 11.2. The fraction of sp³-hybridized carbons (Fsp3) is 0.0789. The Bertz CT molecular complexity index is 1820. The van der Waals surface area contributed by atoms with E-state index >= 15 is 0 Å². The van der Waals surface area contributed by atoms with Crippen LogP contribution in [0, 0.1) is 0 Å². The molecule has 7 nitrogen and oxygen atoms in total. The molecule has 0 bridgehead atoms. The van der Waals surface area contributed by atoms with Crippen LogP contribution in [0.5, 0.6) is 5.75 Å². The lowest BCUT2D eigenvalue weighted by Crippen LogP contribution is -2.30. The zero-order valence-corrected chi connectivity index (χ0v) is 26.1. The Hall–Kier alpha value is -5.60. The van der Waals surface area contributed by atoms with Crippen molar-refractivity contribution in [2.75, 3.05) is 23.0 Å². The molecule has 5 rings (SSSR count). The fourth-order valence-electron chi connectivity index (χ4n) is 4.56. The molecule has 0 saturated heterocycles. The quantitative estimate of drug-likeness (QED) is 0.0966. The van der Waals surface area contributed by atoms with Crippen LogP contribution in [0.3, 0.4) is 0 Å². The molecule has 0 saturated carbocycles. The number of carbonyl (C=O) groups excluding carboxylic acids is 3. The largest absolute Gasteiger partial charge is 0.492 e. The van der Waals surface area contributed by atoms with Gasteiger partial charge >= 0.3 is 0 Å². The van der Waals surface area contributed by atoms with Crippen molar-refractivity contribution >= 4 is 46.9 Å². The number of para-hydroxylation sites is 2. The van der Waals surface area contributed by atoms with Gasteiger partial charge in [-0.1, -0.05) is 91.0 Å². The van der Waals surface area contributed by atoms with Crippen LogP contribution in [0.15, 0.2) is 144 Å². The van der Waals surface area contributed by atoms with E-state index in [1.165, 1.54) is 11.8 Å². The maximum absolute atomic E-state index is 13.6. The number of hydrogen-bond acceptors (Lipinski definition) is 5. The van der Waals surface area contributed by atoms with Gasteiger partial charge in [-0.3, -0.25) is 14.4 Å². The minimum absolute atomic E-state index is 0.0895. The van der Waals surface area contributed by atoms with Gasteiger partial charge < -0.3 is 20.7 Å². The first-order valence-electron chi connectivity index (χ1n) is 14.8. The van der Waals surface area contributed by atoms with Gasteiger partial charge in [-0.05, 0) is 72.2 Å². The molecule has 0 heterocycles. The second kappa shape index (κ2) is 15.9. The number of hydrogen-bond donors (Lipinski definition) is 3. The standard InChI is InChI=1S/C38H33N3O4S/c1-2-45-35-19-10-9-18-33(35)40-36(42)26-46-32-17-11-16-31(25-32)39-38(44)34(41-37(43)30-14-7-4-8-15-30)24-27-20-22-29(23-21-27)28-12-5-3-6-13-28/h3-25H,2,26H2,1H3,(H,39,44)(H,40,42)(H,41,43)/b34-24+. The molecule has 5 aromatic carbocycles. The van der Waals surface area contributed by atoms with Gasteiger partial charge in [-0.25, -0.2) is 0 Å². The molecule has 0 unspecified atom stereocenters. The molecular formula is C38H33N3O4S. The predicted octanol–water partition coefficient (Wildman–Crippen LogP) is 7.89. The number of amides is 3. The highest BCUT2D eigenvalue weighted by molar-refractivity contribution is 8.00. The lowest BCUT2D eigenvalue weighted by atomic mass is 10.0. The van der Waals surface area contributed by atoms with Crippen LogP contribution in [0.25, 0.3) is 17.2 Å². The first-order valence-corrected chi connectivity index (χ1v) is 15.8. The van der Waals surface area contributed by atoms with Gasteiger partial charge in [0.25, 0.3) is 11.8 Å². The van der Waals surface area contributed by atoms with Crippen molar-refractivity contribution in [2.24, 2.45) is 0 Å². The third-order valence-corrected chi connectivity index (χ3v) is 7.77. The van der Waals surface area contributed by atoms with Crippen LogP contribution < -0.4 is 20.7 Å². The Labute approximate surface area is 272 Å². The number of anilines is 2. The van der Waals surface area contributed by atoms with E-state index in [9.17, 15) is 14.4 Å². The molecule has 3 N–H and O–H groups in total. The fourth-order valence-corrected chi connectivity index (χ4v) is 5.32. The second-order valence-electron chi connectivity index (χ2n) is 10.1. The minimum Gasteiger partial charge on any atom is -0.492 e. The Morgan fingerprint density at radius 1 is 0.717 bits per heavy atom. The summed E-state index contributed by atoms with van der Waals surface area (Å²) in [6.07, 6.45) is 1.65. The van der Waals surface area contributed by atoms with E-state index in [1.54, 1.807) is 54.6 Å². The predicted molar refractivity (Wildman–Crippen MR) is 186 cm³/mol. The molecule has 0 aliphatic heterocycles. The summed E-state index contributed by atoms with van der Waals surface area (Å²) >= 11 is 1.34. The third kappa shape index (κ3) is 8.97. The normalized spacial score (nSPS) is 10.9. The van der Waals surface area contributed by atoms with Gasteiger partial charge in [-0.2, -0.15) is 0 Å². The smallest absolute Gasteiger partial charge is 0.272 e. The van der Waals surface area contributed by atoms with Gasteiger partial charge in [-0.15, -0.1) is 11.8 Å². The van der Waals surface area contributed by atoms with Gasteiger partial charge in [0, 0.05) is 16.1 Å². The van der Waals surface area contributed by atoms with E-state index in [2.05, 4.69) is 16.0 Å². The molecule has 3 amide bonds. The van der Waals surface area contributed by atoms with E-state index in [1.807, 2.05) is 91.9 Å². The lowest BCUT2D eigenvalue weighted by molar-refractivity contribution is -0.114. The molecule has 8 heteroatoms. The third-order valence-electron chi connectivity index (χ3n) is 6.78. The molecule has 0 spiro atoms. The van der Waals surface area contributed by atoms with Crippen LogP contribution in [-0.2, 0) is 9.59 Å². The van der Waals surface area contributed by atoms with Crippen LogP contribution in [-0.4, -0.2) is 30.1 Å². The Morgan fingerprint density at radius 2 is 1.39 bits per heavy atom. The van der Waals surface area contributed by atoms with E-state index in [4.69, 9.17) is 4.74 Å². The summed E-state index contributed by atoms with van der Waals surface area (Å²) in [5.74, 6) is -0.287. The molecule has 0 atom stereocenters. The lowest BCUT2D eigenvalue weighted by Gasteiger charge is -2.13. The van der Waals surface area contributed by atoms with Crippen LogP contribution >= 0.6 is 11.8 Å². The Balaban J connectivity index is 1.29. The maximum atomic E-state index is 13.6. The summed E-state index contributed by atoms with van der Waals surface area (Å²) in [6, 6.07) is 41.0. The summed E-state index contributed by atoms with van der Waals surface area (Å²) < 4.78 is 5.59. The molecule has 0 aliphatic carbocycles. The van der Waals surface area contributed by atoms with E-state index in [0.717, 1.165) is 21.6 Å². The van der Waals surface area contributed by atoms with Crippen molar-refractivity contribution < 1.29 is 19.1 Å². The first kappa shape index (κ1) is 31.8. The Kier molecular flexibility index (Phi) is 11.0. The number of benzene rings is 5. The zero-order chi connectivity index (χ0) is 32.1. The van der Waals surface area contributed by atoms with Crippen LogP contribution in [0.4, 0.5) is 11.4 Å². The van der Waals surface area contributed by atoms with Gasteiger partial charge in [0.1, 0.15) is 11.4 Å². The summed E-state index contributed by atoms with van der Waals surface area (Å²) in [5.41, 5.74) is 4.53. The highest BCUT2D eigenvalue weighted by atomic mass is 32.2. The highest BCUT2D eigenvalue weighted by Gasteiger charge is 2.16. The van der Waals surface area contributed by atoms with E-state index in [0.29, 0.717) is 29.3 Å². The summed E-state index contributed by atoms with van der Waals surface area (Å²) in [5, 5.41) is 8.57. The van der Waals surface area contributed by atoms with Crippen LogP contribution in [0.2, 0.25) is 0 Å². The molecular weight excluding hydrogens is 595 g/mol. The SMILES string of the molecule is CCOc1ccccc1NC(=O)CSc1cccc(NC(=O)/C(=C\c2ccc(-c3ccccc3)cc2)NC(=O)c2ccccc2)c1. The summed E-state index contributed by atoms with van der Waals surface area (Å²) in [7, 11) is 0. The Morgan fingerprint density at radius 3 is 2.13 bits per heavy atom. The van der Waals surface area contributed by atoms with Gasteiger partial charge in [0.2, 0.25) is 5.91 Å². The van der Waals surface area contributed by atoms with E-state index < -0.39 is 11.8 Å². The monoisotopic (exact) mass is 627 g/mol. The molecule has 0 aromatic heterocycles. The zero-order valence-electron chi connectivity index (χ0n) is 25.2. The van der Waals surface area contributed by atoms with Crippen molar-refractivity contribution in [3.05, 3.63) is 150 Å².